The molecule has 4 aromatic rings. The molecule has 192 valence electrons. The number of nitrogens with zero attached hydrogens (tertiary/aromatic N) is 2. The van der Waals surface area contributed by atoms with Gasteiger partial charge in [0.2, 0.25) is 0 Å². The molecular formula is C32H30FN3O2. The predicted octanol–water partition coefficient (Wildman–Crippen LogP) is 6.06. The van der Waals surface area contributed by atoms with Crippen molar-refractivity contribution in [3.8, 4) is 11.1 Å². The minimum absolute atomic E-state index is 0.231. The van der Waals surface area contributed by atoms with Gasteiger partial charge in [0.1, 0.15) is 11.7 Å². The van der Waals surface area contributed by atoms with E-state index in [0.717, 1.165) is 39.3 Å². The normalized spacial score (nSPS) is 16.7. The van der Waals surface area contributed by atoms with Crippen molar-refractivity contribution in [1.82, 2.24) is 10.2 Å². The number of aliphatic hydroxyl groups is 1. The summed E-state index contributed by atoms with van der Waals surface area (Å²) in [4.78, 5) is 19.8. The molecule has 2 atom stereocenters. The molecule has 0 aliphatic heterocycles. The van der Waals surface area contributed by atoms with Gasteiger partial charge in [-0.2, -0.15) is 0 Å². The summed E-state index contributed by atoms with van der Waals surface area (Å²) in [5, 5.41) is 13.8. The molecule has 0 radical (unpaired) electrons. The first-order chi connectivity index (χ1) is 18.4. The van der Waals surface area contributed by atoms with E-state index < -0.39 is 12.1 Å². The van der Waals surface area contributed by atoms with Crippen molar-refractivity contribution >= 4 is 17.4 Å². The Kier molecular flexibility index (Phi) is 7.33. The highest BCUT2D eigenvalue weighted by Gasteiger charge is 2.32. The number of nitrogens with one attached hydrogen (secondary N) is 1. The molecule has 0 aromatic heterocycles. The van der Waals surface area contributed by atoms with Crippen LogP contribution in [-0.4, -0.2) is 34.9 Å². The van der Waals surface area contributed by atoms with Crippen molar-refractivity contribution in [2.75, 3.05) is 7.05 Å². The van der Waals surface area contributed by atoms with Gasteiger partial charge in [0.25, 0.3) is 5.91 Å². The van der Waals surface area contributed by atoms with E-state index in [1.165, 1.54) is 12.1 Å². The van der Waals surface area contributed by atoms with Gasteiger partial charge in [-0.3, -0.25) is 4.79 Å². The van der Waals surface area contributed by atoms with Crippen molar-refractivity contribution in [1.29, 1.82) is 0 Å². The van der Waals surface area contributed by atoms with Gasteiger partial charge in [0.15, 0.2) is 0 Å². The van der Waals surface area contributed by atoms with Crippen LogP contribution in [0.3, 0.4) is 0 Å². The molecule has 4 aromatic carbocycles. The Morgan fingerprint density at radius 1 is 0.974 bits per heavy atom. The molecule has 0 bridgehead atoms. The number of hydrogen-bond acceptors (Lipinski definition) is 3. The summed E-state index contributed by atoms with van der Waals surface area (Å²) >= 11 is 0. The number of fused-ring (bicyclic) bond motifs is 1. The summed E-state index contributed by atoms with van der Waals surface area (Å²) in [6.07, 6.45) is -0.236. The van der Waals surface area contributed by atoms with Gasteiger partial charge in [-0.15, -0.1) is 0 Å². The predicted molar refractivity (Wildman–Crippen MR) is 149 cm³/mol. The number of halogens is 1. The van der Waals surface area contributed by atoms with E-state index in [-0.39, 0.29) is 11.7 Å². The number of carbonyl (C=O) groups is 1. The Hall–Kier alpha value is -4.29. The standard InChI is InChI=1S/C32H30FN3O2/c1-21(36(2)20-22-8-15-27(33)16-9-22)34-28-17-14-26-18-30(37)31(29(26)19-28)35-32(38)25-12-10-24(11-13-25)23-6-4-3-5-7-23/h3-17,19,30-31,37H,18,20H2,1-2H3,(H,35,38)/t30-,31-/m1/s1. The van der Waals surface area contributed by atoms with Crippen LogP contribution in [0.25, 0.3) is 11.1 Å². The van der Waals surface area contributed by atoms with Crippen LogP contribution in [0.2, 0.25) is 0 Å². The lowest BCUT2D eigenvalue weighted by Gasteiger charge is -2.20. The number of benzene rings is 4. The second-order valence-electron chi connectivity index (χ2n) is 9.69. The van der Waals surface area contributed by atoms with E-state index in [1.807, 2.05) is 79.5 Å². The summed E-state index contributed by atoms with van der Waals surface area (Å²) in [7, 11) is 1.94. The smallest absolute Gasteiger partial charge is 0.251 e. The van der Waals surface area contributed by atoms with E-state index in [9.17, 15) is 14.3 Å². The summed E-state index contributed by atoms with van der Waals surface area (Å²) in [5.74, 6) is 0.311. The van der Waals surface area contributed by atoms with Crippen molar-refractivity contribution in [2.24, 2.45) is 4.99 Å². The maximum Gasteiger partial charge on any atom is 0.251 e. The molecular weight excluding hydrogens is 477 g/mol. The average molecular weight is 508 g/mol. The first-order valence-electron chi connectivity index (χ1n) is 12.7. The third-order valence-corrected chi connectivity index (χ3v) is 7.00. The molecule has 6 heteroatoms. The fourth-order valence-corrected chi connectivity index (χ4v) is 4.77. The number of aliphatic hydroxyl groups excluding tert-OH is 1. The van der Waals surface area contributed by atoms with Gasteiger partial charge >= 0.3 is 0 Å². The Labute approximate surface area is 222 Å². The van der Waals surface area contributed by atoms with E-state index in [0.29, 0.717) is 18.5 Å². The molecule has 1 aliphatic rings. The first-order valence-corrected chi connectivity index (χ1v) is 12.7. The molecule has 0 fully saturated rings. The SMILES string of the molecule is CC(=Nc1ccc2c(c1)[C@@H](NC(=O)c1ccc(-c3ccccc3)cc1)[C@H](O)C2)N(C)Cc1ccc(F)cc1. The zero-order valence-corrected chi connectivity index (χ0v) is 21.4. The lowest BCUT2D eigenvalue weighted by Crippen LogP contribution is -2.33. The molecule has 1 amide bonds. The summed E-state index contributed by atoms with van der Waals surface area (Å²) in [5.41, 5.74) is 6.27. The van der Waals surface area contributed by atoms with E-state index in [2.05, 4.69) is 5.32 Å². The van der Waals surface area contributed by atoms with Crippen molar-refractivity contribution in [3.63, 3.8) is 0 Å². The fraction of sp³-hybridized carbons (Fsp3) is 0.188. The second-order valence-corrected chi connectivity index (χ2v) is 9.69. The highest BCUT2D eigenvalue weighted by atomic mass is 19.1. The molecule has 38 heavy (non-hydrogen) atoms. The molecule has 0 saturated carbocycles. The lowest BCUT2D eigenvalue weighted by atomic mass is 10.0. The maximum absolute atomic E-state index is 13.2. The highest BCUT2D eigenvalue weighted by Crippen LogP contribution is 2.35. The van der Waals surface area contributed by atoms with Crippen LogP contribution in [0.1, 0.15) is 40.0 Å². The summed E-state index contributed by atoms with van der Waals surface area (Å²) in [6, 6.07) is 29.2. The van der Waals surface area contributed by atoms with Crippen LogP contribution in [0.5, 0.6) is 0 Å². The average Bonchev–Trinajstić information content (AvgIpc) is 3.24. The van der Waals surface area contributed by atoms with Crippen LogP contribution in [0.15, 0.2) is 102 Å². The molecule has 0 unspecified atom stereocenters. The zero-order chi connectivity index (χ0) is 26.6. The number of aliphatic imine (C=N–C) groups is 1. The van der Waals surface area contributed by atoms with Crippen LogP contribution in [0, 0.1) is 5.82 Å². The second kappa shape index (κ2) is 11.0. The third-order valence-electron chi connectivity index (χ3n) is 7.00. The van der Waals surface area contributed by atoms with Crippen molar-refractivity contribution in [3.05, 3.63) is 125 Å². The number of carbonyl (C=O) groups excluding carboxylic acids is 1. The Morgan fingerprint density at radius 3 is 2.37 bits per heavy atom. The van der Waals surface area contributed by atoms with Crippen molar-refractivity contribution < 1.29 is 14.3 Å². The lowest BCUT2D eigenvalue weighted by molar-refractivity contribution is 0.0858. The summed E-state index contributed by atoms with van der Waals surface area (Å²) in [6.45, 7) is 2.52. The van der Waals surface area contributed by atoms with E-state index in [1.54, 1.807) is 24.3 Å². The largest absolute Gasteiger partial charge is 0.390 e. The molecule has 1 aliphatic carbocycles. The third kappa shape index (κ3) is 5.66. The topological polar surface area (TPSA) is 64.9 Å². The van der Waals surface area contributed by atoms with Crippen LogP contribution in [0.4, 0.5) is 10.1 Å². The molecule has 5 rings (SSSR count). The van der Waals surface area contributed by atoms with Crippen molar-refractivity contribution in [2.45, 2.75) is 32.0 Å². The minimum atomic E-state index is -0.709. The van der Waals surface area contributed by atoms with Gasteiger partial charge in [-0.25, -0.2) is 9.38 Å². The van der Waals surface area contributed by atoms with Crippen LogP contribution < -0.4 is 5.32 Å². The van der Waals surface area contributed by atoms with Gasteiger partial charge in [0, 0.05) is 25.6 Å². The number of amides is 1. The molecule has 2 N–H and O–H groups in total. The quantitative estimate of drug-likeness (QED) is 0.246. The van der Waals surface area contributed by atoms with Crippen LogP contribution >= 0.6 is 0 Å². The fourth-order valence-electron chi connectivity index (χ4n) is 4.77. The number of hydrogen-bond donors (Lipinski definition) is 2. The van der Waals surface area contributed by atoms with Crippen LogP contribution in [-0.2, 0) is 13.0 Å². The zero-order valence-electron chi connectivity index (χ0n) is 21.4. The molecule has 0 heterocycles. The van der Waals surface area contributed by atoms with Gasteiger partial charge in [-0.05, 0) is 71.1 Å². The van der Waals surface area contributed by atoms with Gasteiger partial charge < -0.3 is 15.3 Å². The van der Waals surface area contributed by atoms with E-state index in [4.69, 9.17) is 4.99 Å². The Balaban J connectivity index is 1.30. The van der Waals surface area contributed by atoms with Gasteiger partial charge in [0.05, 0.1) is 17.8 Å². The monoisotopic (exact) mass is 507 g/mol. The molecule has 0 spiro atoms. The first kappa shape index (κ1) is 25.4. The molecule has 0 saturated heterocycles. The number of amidine groups is 1. The van der Waals surface area contributed by atoms with Gasteiger partial charge in [-0.1, -0.05) is 60.7 Å². The highest BCUT2D eigenvalue weighted by molar-refractivity contribution is 5.95. The minimum Gasteiger partial charge on any atom is -0.390 e. The number of rotatable bonds is 6. The summed E-state index contributed by atoms with van der Waals surface area (Å²) < 4.78 is 13.2. The Bertz CT molecular complexity index is 1450. The molecule has 5 nitrogen and oxygen atoms in total. The maximum atomic E-state index is 13.2. The Morgan fingerprint density at radius 2 is 1.66 bits per heavy atom. The van der Waals surface area contributed by atoms with E-state index >= 15 is 0 Å².